The van der Waals surface area contributed by atoms with Crippen LogP contribution in [0.25, 0.3) is 11.3 Å². The van der Waals surface area contributed by atoms with Gasteiger partial charge in [-0.1, -0.05) is 35.5 Å². The van der Waals surface area contributed by atoms with Crippen LogP contribution in [0.4, 0.5) is 0 Å². The molecule has 1 saturated heterocycles. The molecular weight excluding hydrogens is 368 g/mol. The van der Waals surface area contributed by atoms with Gasteiger partial charge in [-0.2, -0.15) is 5.10 Å². The minimum absolute atomic E-state index is 0.158. The highest BCUT2D eigenvalue weighted by molar-refractivity contribution is 5.76. The van der Waals surface area contributed by atoms with Gasteiger partial charge in [-0.05, 0) is 31.7 Å². The standard InChI is InChI=1S/C22H24N4O3/c1-15-13-19(29-25-15)18-14-20(27)23-24-22(18)17-9-11-26(12-10-17)21(28)8-7-16-5-3-2-4-6-16/h2-6,13-14,17H,7-12H2,1H3,(H,23,27). The summed E-state index contributed by atoms with van der Waals surface area (Å²) in [6, 6.07) is 13.4. The van der Waals surface area contributed by atoms with Gasteiger partial charge >= 0.3 is 0 Å². The Morgan fingerprint density at radius 1 is 1.21 bits per heavy atom. The molecule has 0 radical (unpaired) electrons. The summed E-state index contributed by atoms with van der Waals surface area (Å²) >= 11 is 0. The molecule has 0 unspecified atom stereocenters. The van der Waals surface area contributed by atoms with Gasteiger partial charge in [0.15, 0.2) is 5.76 Å². The lowest BCUT2D eigenvalue weighted by atomic mass is 9.90. The zero-order valence-electron chi connectivity index (χ0n) is 16.4. The number of amides is 1. The van der Waals surface area contributed by atoms with Crippen molar-refractivity contribution in [1.29, 1.82) is 0 Å². The molecule has 3 aromatic rings. The Hall–Kier alpha value is -3.22. The maximum Gasteiger partial charge on any atom is 0.264 e. The van der Waals surface area contributed by atoms with E-state index in [1.54, 1.807) is 0 Å². The van der Waals surface area contributed by atoms with Crippen LogP contribution in [0.3, 0.4) is 0 Å². The summed E-state index contributed by atoms with van der Waals surface area (Å²) in [5.41, 5.74) is 3.15. The Morgan fingerprint density at radius 3 is 2.66 bits per heavy atom. The first-order valence-electron chi connectivity index (χ1n) is 9.95. The van der Waals surface area contributed by atoms with Crippen LogP contribution < -0.4 is 5.56 Å². The van der Waals surface area contributed by atoms with Crippen molar-refractivity contribution in [3.8, 4) is 11.3 Å². The van der Waals surface area contributed by atoms with Crippen molar-refractivity contribution in [2.45, 2.75) is 38.5 Å². The third-order valence-electron chi connectivity index (χ3n) is 5.44. The number of aromatic nitrogens is 3. The van der Waals surface area contributed by atoms with Crippen molar-refractivity contribution in [2.75, 3.05) is 13.1 Å². The van der Waals surface area contributed by atoms with Crippen molar-refractivity contribution in [3.63, 3.8) is 0 Å². The second kappa shape index (κ2) is 8.43. The summed E-state index contributed by atoms with van der Waals surface area (Å²) in [6.07, 6.45) is 2.89. The summed E-state index contributed by atoms with van der Waals surface area (Å²) in [5, 5.41) is 10.8. The minimum atomic E-state index is -0.272. The summed E-state index contributed by atoms with van der Waals surface area (Å²) in [7, 11) is 0. The number of piperidine rings is 1. The third-order valence-corrected chi connectivity index (χ3v) is 5.44. The second-order valence-corrected chi connectivity index (χ2v) is 7.50. The largest absolute Gasteiger partial charge is 0.356 e. The molecule has 0 aliphatic carbocycles. The molecule has 1 amide bonds. The minimum Gasteiger partial charge on any atom is -0.356 e. The molecule has 0 atom stereocenters. The Labute approximate surface area is 168 Å². The summed E-state index contributed by atoms with van der Waals surface area (Å²) in [6.45, 7) is 3.22. The smallest absolute Gasteiger partial charge is 0.264 e. The summed E-state index contributed by atoms with van der Waals surface area (Å²) in [5.74, 6) is 0.899. The van der Waals surface area contributed by atoms with Crippen LogP contribution in [0, 0.1) is 6.92 Å². The van der Waals surface area contributed by atoms with Crippen molar-refractivity contribution in [1.82, 2.24) is 20.3 Å². The van der Waals surface area contributed by atoms with Gasteiger partial charge in [-0.15, -0.1) is 0 Å². The molecule has 1 fully saturated rings. The molecule has 3 heterocycles. The highest BCUT2D eigenvalue weighted by Crippen LogP contribution is 2.33. The van der Waals surface area contributed by atoms with Crippen LogP contribution in [-0.4, -0.2) is 39.3 Å². The van der Waals surface area contributed by atoms with Crippen molar-refractivity contribution >= 4 is 5.91 Å². The van der Waals surface area contributed by atoms with Gasteiger partial charge in [0.05, 0.1) is 11.4 Å². The number of likely N-dealkylation sites (tertiary alicyclic amines) is 1. The number of carbonyl (C=O) groups excluding carboxylic acids is 1. The maximum atomic E-state index is 12.6. The van der Waals surface area contributed by atoms with E-state index >= 15 is 0 Å². The zero-order chi connectivity index (χ0) is 20.2. The predicted molar refractivity (Wildman–Crippen MR) is 108 cm³/mol. The van der Waals surface area contributed by atoms with Crippen LogP contribution in [0.2, 0.25) is 0 Å². The first kappa shape index (κ1) is 19.1. The molecule has 1 aromatic carbocycles. The van der Waals surface area contributed by atoms with Crippen molar-refractivity contribution in [3.05, 3.63) is 69.8 Å². The van der Waals surface area contributed by atoms with E-state index in [2.05, 4.69) is 15.4 Å². The molecule has 7 heteroatoms. The number of hydrogen-bond donors (Lipinski definition) is 1. The molecular formula is C22H24N4O3. The van der Waals surface area contributed by atoms with Crippen LogP contribution in [0.1, 0.15) is 42.1 Å². The third kappa shape index (κ3) is 4.45. The van der Waals surface area contributed by atoms with E-state index in [4.69, 9.17) is 4.52 Å². The molecule has 0 bridgehead atoms. The first-order chi connectivity index (χ1) is 14.1. The molecule has 1 aliphatic rings. The first-order valence-corrected chi connectivity index (χ1v) is 9.95. The predicted octanol–water partition coefficient (Wildman–Crippen LogP) is 3.07. The summed E-state index contributed by atoms with van der Waals surface area (Å²) < 4.78 is 5.36. The quantitative estimate of drug-likeness (QED) is 0.720. The summed E-state index contributed by atoms with van der Waals surface area (Å²) in [4.78, 5) is 26.3. The second-order valence-electron chi connectivity index (χ2n) is 7.50. The van der Waals surface area contributed by atoms with E-state index in [1.165, 1.54) is 11.6 Å². The number of carbonyl (C=O) groups is 1. The molecule has 29 heavy (non-hydrogen) atoms. The average molecular weight is 392 g/mol. The number of nitrogens with zero attached hydrogens (tertiary/aromatic N) is 3. The fraction of sp³-hybridized carbons (Fsp3) is 0.364. The number of nitrogens with one attached hydrogen (secondary N) is 1. The number of aryl methyl sites for hydroxylation is 2. The van der Waals surface area contributed by atoms with Crippen LogP contribution in [0.15, 0.2) is 51.8 Å². The van der Waals surface area contributed by atoms with Crippen molar-refractivity contribution in [2.24, 2.45) is 0 Å². The fourth-order valence-corrected chi connectivity index (χ4v) is 3.87. The van der Waals surface area contributed by atoms with E-state index in [9.17, 15) is 9.59 Å². The Balaban J connectivity index is 1.41. The molecule has 1 N–H and O–H groups in total. The lowest BCUT2D eigenvalue weighted by molar-refractivity contribution is -0.132. The van der Waals surface area contributed by atoms with Gasteiger partial charge in [0.2, 0.25) is 5.91 Å². The molecule has 4 rings (SSSR count). The molecule has 0 saturated carbocycles. The van der Waals surface area contributed by atoms with E-state index < -0.39 is 0 Å². The fourth-order valence-electron chi connectivity index (χ4n) is 3.87. The normalized spacial score (nSPS) is 14.9. The van der Waals surface area contributed by atoms with E-state index in [0.29, 0.717) is 30.8 Å². The molecule has 0 spiro atoms. The van der Waals surface area contributed by atoms with Crippen molar-refractivity contribution < 1.29 is 9.32 Å². The Morgan fingerprint density at radius 2 is 1.97 bits per heavy atom. The molecule has 7 nitrogen and oxygen atoms in total. The number of H-pyrrole nitrogens is 1. The average Bonchev–Trinajstić information content (AvgIpc) is 3.19. The van der Waals surface area contributed by atoms with Gasteiger partial charge in [0.25, 0.3) is 5.56 Å². The van der Waals surface area contributed by atoms with Crippen LogP contribution in [-0.2, 0) is 11.2 Å². The lowest BCUT2D eigenvalue weighted by Gasteiger charge is -2.32. The monoisotopic (exact) mass is 392 g/mol. The number of benzene rings is 1. The van der Waals surface area contributed by atoms with Gasteiger partial charge in [-0.3, -0.25) is 9.59 Å². The molecule has 150 valence electrons. The van der Waals surface area contributed by atoms with Gasteiger partial charge < -0.3 is 9.42 Å². The van der Waals surface area contributed by atoms with E-state index in [0.717, 1.165) is 30.7 Å². The van der Waals surface area contributed by atoms with E-state index in [-0.39, 0.29) is 17.4 Å². The van der Waals surface area contributed by atoms with Crippen LogP contribution >= 0.6 is 0 Å². The Kier molecular flexibility index (Phi) is 5.55. The highest BCUT2D eigenvalue weighted by Gasteiger charge is 2.27. The zero-order valence-corrected chi connectivity index (χ0v) is 16.4. The van der Waals surface area contributed by atoms with Gasteiger partial charge in [0.1, 0.15) is 0 Å². The van der Waals surface area contributed by atoms with Crippen LogP contribution in [0.5, 0.6) is 0 Å². The molecule has 2 aromatic heterocycles. The lowest BCUT2D eigenvalue weighted by Crippen LogP contribution is -2.38. The number of rotatable bonds is 5. The van der Waals surface area contributed by atoms with Gasteiger partial charge in [-0.25, -0.2) is 5.10 Å². The van der Waals surface area contributed by atoms with E-state index in [1.807, 2.05) is 48.2 Å². The SMILES string of the molecule is Cc1cc(-c2cc(=O)[nH]nc2C2CCN(C(=O)CCc3ccccc3)CC2)on1. The number of hydrogen-bond acceptors (Lipinski definition) is 5. The van der Waals surface area contributed by atoms with Gasteiger partial charge in [0, 0.05) is 43.1 Å². The molecule has 1 aliphatic heterocycles. The topological polar surface area (TPSA) is 92.1 Å². The Bertz CT molecular complexity index is 1030. The highest BCUT2D eigenvalue weighted by atomic mass is 16.5. The maximum absolute atomic E-state index is 12.6. The number of aromatic amines is 1.